The molecule has 5 nitrogen and oxygen atoms in total. The average Bonchev–Trinajstić information content (AvgIpc) is 3.13. The number of unbranched alkanes of at least 4 members (excludes halogenated alkanes) is 1. The summed E-state index contributed by atoms with van der Waals surface area (Å²) in [7, 11) is 0. The number of likely N-dealkylation sites (tertiary alicyclic amines) is 1. The molecule has 1 atom stereocenters. The van der Waals surface area contributed by atoms with Crippen LogP contribution in [0.1, 0.15) is 45.3 Å². The van der Waals surface area contributed by atoms with Crippen LogP contribution in [-0.2, 0) is 16.1 Å². The predicted molar refractivity (Wildman–Crippen MR) is 79.4 cm³/mol. The van der Waals surface area contributed by atoms with Gasteiger partial charge in [0, 0.05) is 20.0 Å². The molecule has 0 aromatic carbocycles. The minimum Gasteiger partial charge on any atom is -0.467 e. The second-order valence-corrected chi connectivity index (χ2v) is 5.56. The molecule has 1 fully saturated rings. The Bertz CT molecular complexity index is 470. The third-order valence-electron chi connectivity index (χ3n) is 3.96. The maximum absolute atomic E-state index is 12.8. The molecule has 5 heteroatoms. The third-order valence-corrected chi connectivity index (χ3v) is 3.96. The van der Waals surface area contributed by atoms with E-state index in [1.54, 1.807) is 11.2 Å². The molecular formula is C16H24N2O3. The molecular weight excluding hydrogens is 268 g/mol. The Kier molecular flexibility index (Phi) is 5.42. The van der Waals surface area contributed by atoms with E-state index in [1.807, 2.05) is 17.0 Å². The molecule has 2 heterocycles. The first kappa shape index (κ1) is 15.6. The van der Waals surface area contributed by atoms with Gasteiger partial charge in [0.1, 0.15) is 11.8 Å². The molecule has 2 rings (SSSR count). The van der Waals surface area contributed by atoms with Crippen molar-refractivity contribution >= 4 is 11.8 Å². The van der Waals surface area contributed by atoms with E-state index >= 15 is 0 Å². The van der Waals surface area contributed by atoms with Gasteiger partial charge in [-0.3, -0.25) is 9.59 Å². The smallest absolute Gasteiger partial charge is 0.245 e. The summed E-state index contributed by atoms with van der Waals surface area (Å²) in [6.07, 6.45) is 5.27. The largest absolute Gasteiger partial charge is 0.467 e. The van der Waals surface area contributed by atoms with Gasteiger partial charge in [-0.15, -0.1) is 0 Å². The van der Waals surface area contributed by atoms with Gasteiger partial charge in [0.05, 0.1) is 12.8 Å². The molecule has 1 aliphatic heterocycles. The monoisotopic (exact) mass is 292 g/mol. The van der Waals surface area contributed by atoms with Gasteiger partial charge in [0.2, 0.25) is 11.8 Å². The molecule has 0 unspecified atom stereocenters. The number of carbonyl (C=O) groups is 2. The molecule has 0 bridgehead atoms. The molecule has 0 radical (unpaired) electrons. The van der Waals surface area contributed by atoms with Gasteiger partial charge >= 0.3 is 0 Å². The normalized spacial score (nSPS) is 18.0. The highest BCUT2D eigenvalue weighted by atomic mass is 16.3. The first-order valence-electron chi connectivity index (χ1n) is 7.72. The molecule has 2 amide bonds. The average molecular weight is 292 g/mol. The van der Waals surface area contributed by atoms with E-state index in [2.05, 4.69) is 6.92 Å². The van der Waals surface area contributed by atoms with Crippen LogP contribution in [0.25, 0.3) is 0 Å². The highest BCUT2D eigenvalue weighted by Gasteiger charge is 2.35. The molecule has 21 heavy (non-hydrogen) atoms. The molecule has 1 aliphatic rings. The van der Waals surface area contributed by atoms with Crippen molar-refractivity contribution in [3.63, 3.8) is 0 Å². The van der Waals surface area contributed by atoms with Gasteiger partial charge in [-0.05, 0) is 31.4 Å². The number of hydrogen-bond donors (Lipinski definition) is 0. The maximum Gasteiger partial charge on any atom is 0.245 e. The third kappa shape index (κ3) is 3.86. The van der Waals surface area contributed by atoms with Gasteiger partial charge < -0.3 is 14.2 Å². The van der Waals surface area contributed by atoms with Crippen LogP contribution >= 0.6 is 0 Å². The van der Waals surface area contributed by atoms with Gasteiger partial charge in [0.25, 0.3) is 0 Å². The molecule has 116 valence electrons. The molecule has 1 aromatic heterocycles. The number of furan rings is 1. The minimum absolute atomic E-state index is 0.0145. The van der Waals surface area contributed by atoms with Crippen LogP contribution in [0.15, 0.2) is 22.8 Å². The zero-order valence-electron chi connectivity index (χ0n) is 12.9. The fourth-order valence-electron chi connectivity index (χ4n) is 2.82. The number of amides is 2. The lowest BCUT2D eigenvalue weighted by Gasteiger charge is -2.29. The topological polar surface area (TPSA) is 53.8 Å². The molecule has 0 aliphatic carbocycles. The van der Waals surface area contributed by atoms with Crippen molar-refractivity contribution in [2.24, 2.45) is 0 Å². The first-order chi connectivity index (χ1) is 10.1. The van der Waals surface area contributed by atoms with E-state index < -0.39 is 0 Å². The summed E-state index contributed by atoms with van der Waals surface area (Å²) in [4.78, 5) is 28.0. The van der Waals surface area contributed by atoms with Crippen LogP contribution < -0.4 is 0 Å². The fourth-order valence-corrected chi connectivity index (χ4v) is 2.82. The summed E-state index contributed by atoms with van der Waals surface area (Å²) < 4.78 is 5.36. The Morgan fingerprint density at radius 2 is 2.29 bits per heavy atom. The van der Waals surface area contributed by atoms with Crippen LogP contribution in [-0.4, -0.2) is 40.7 Å². The number of nitrogens with zero attached hydrogens (tertiary/aromatic N) is 2. The van der Waals surface area contributed by atoms with Gasteiger partial charge in [0.15, 0.2) is 0 Å². The zero-order chi connectivity index (χ0) is 15.2. The lowest BCUT2D eigenvalue weighted by atomic mass is 10.1. The number of carbonyl (C=O) groups excluding carboxylic acids is 2. The molecule has 0 saturated carbocycles. The van der Waals surface area contributed by atoms with E-state index in [-0.39, 0.29) is 17.9 Å². The first-order valence-corrected chi connectivity index (χ1v) is 7.72. The highest BCUT2D eigenvalue weighted by Crippen LogP contribution is 2.21. The minimum atomic E-state index is -0.297. The second kappa shape index (κ2) is 7.29. The number of rotatable bonds is 6. The van der Waals surface area contributed by atoms with Crippen molar-refractivity contribution in [3.8, 4) is 0 Å². The van der Waals surface area contributed by atoms with Crippen molar-refractivity contribution in [1.82, 2.24) is 9.80 Å². The molecule has 1 saturated heterocycles. The van der Waals surface area contributed by atoms with Crippen LogP contribution in [0.4, 0.5) is 0 Å². The van der Waals surface area contributed by atoms with Gasteiger partial charge in [-0.1, -0.05) is 13.3 Å². The van der Waals surface area contributed by atoms with Crippen molar-refractivity contribution < 1.29 is 14.0 Å². The fraction of sp³-hybridized carbons (Fsp3) is 0.625. The van der Waals surface area contributed by atoms with Gasteiger partial charge in [-0.2, -0.15) is 0 Å². The Balaban J connectivity index is 2.07. The van der Waals surface area contributed by atoms with E-state index in [1.165, 1.54) is 6.92 Å². The Morgan fingerprint density at radius 1 is 1.48 bits per heavy atom. The van der Waals surface area contributed by atoms with Crippen LogP contribution in [0.3, 0.4) is 0 Å². The summed E-state index contributed by atoms with van der Waals surface area (Å²) in [5.41, 5.74) is 0. The zero-order valence-corrected chi connectivity index (χ0v) is 12.9. The summed E-state index contributed by atoms with van der Waals surface area (Å²) in [6, 6.07) is 3.41. The van der Waals surface area contributed by atoms with Crippen LogP contribution in [0.2, 0.25) is 0 Å². The summed E-state index contributed by atoms with van der Waals surface area (Å²) in [5, 5.41) is 0. The van der Waals surface area contributed by atoms with Crippen molar-refractivity contribution in [2.45, 2.75) is 52.1 Å². The second-order valence-electron chi connectivity index (χ2n) is 5.56. The van der Waals surface area contributed by atoms with E-state index in [4.69, 9.17) is 4.42 Å². The highest BCUT2D eigenvalue weighted by molar-refractivity contribution is 5.87. The lowest BCUT2D eigenvalue weighted by Crippen LogP contribution is -2.47. The van der Waals surface area contributed by atoms with E-state index in [0.717, 1.165) is 31.4 Å². The van der Waals surface area contributed by atoms with Crippen molar-refractivity contribution in [1.29, 1.82) is 0 Å². The quantitative estimate of drug-likeness (QED) is 0.809. The summed E-state index contributed by atoms with van der Waals surface area (Å²) in [5.74, 6) is 0.818. The summed E-state index contributed by atoms with van der Waals surface area (Å²) in [6.45, 7) is 5.52. The maximum atomic E-state index is 12.8. The summed E-state index contributed by atoms with van der Waals surface area (Å²) >= 11 is 0. The Morgan fingerprint density at radius 3 is 2.90 bits per heavy atom. The van der Waals surface area contributed by atoms with Crippen LogP contribution in [0, 0.1) is 0 Å². The van der Waals surface area contributed by atoms with E-state index in [9.17, 15) is 9.59 Å². The molecule has 0 spiro atoms. The number of hydrogen-bond acceptors (Lipinski definition) is 3. The molecule has 1 aromatic rings. The molecule has 0 N–H and O–H groups in total. The van der Waals surface area contributed by atoms with Crippen molar-refractivity contribution in [3.05, 3.63) is 24.2 Å². The van der Waals surface area contributed by atoms with Crippen LogP contribution in [0.5, 0.6) is 0 Å². The van der Waals surface area contributed by atoms with Gasteiger partial charge in [-0.25, -0.2) is 0 Å². The Labute approximate surface area is 125 Å². The Hall–Kier alpha value is -1.78. The standard InChI is InChI=1S/C16H24N2O3/c1-3-4-9-17(12-14-7-6-11-21-14)16(20)15-8-5-10-18(15)13(2)19/h6-7,11,15H,3-5,8-10,12H2,1-2H3/t15-/m1/s1. The SMILES string of the molecule is CCCCN(Cc1ccco1)C(=O)[C@H]1CCCN1C(C)=O. The van der Waals surface area contributed by atoms with E-state index in [0.29, 0.717) is 19.6 Å². The van der Waals surface area contributed by atoms with Crippen molar-refractivity contribution in [2.75, 3.05) is 13.1 Å². The lowest BCUT2D eigenvalue weighted by molar-refractivity contribution is -0.143. The predicted octanol–water partition coefficient (Wildman–Crippen LogP) is 2.42.